The molecule has 0 spiro atoms. The second-order valence-electron chi connectivity index (χ2n) is 6.70. The number of benzene rings is 1. The lowest BCUT2D eigenvalue weighted by Gasteiger charge is -2.33. The standard InChI is InChI=1S/C20H23F2N3OS/c1-14-5-2-3-12-25(14)13-15-7-9-16(10-8-15)24-18(26)17-6-4-11-23-19(17)27-20(21)22/h4,6-11,14,20H,2-3,5,12-13H2,1H3,(H,24,26). The average molecular weight is 391 g/mol. The van der Waals surface area contributed by atoms with E-state index in [4.69, 9.17) is 0 Å². The topological polar surface area (TPSA) is 45.2 Å². The number of nitrogens with zero attached hydrogens (tertiary/aromatic N) is 2. The second-order valence-corrected chi connectivity index (χ2v) is 7.68. The first-order chi connectivity index (χ1) is 13.0. The lowest BCUT2D eigenvalue weighted by Crippen LogP contribution is -2.36. The van der Waals surface area contributed by atoms with Crippen LogP contribution >= 0.6 is 11.8 Å². The molecule has 2 heterocycles. The van der Waals surface area contributed by atoms with E-state index < -0.39 is 11.7 Å². The van der Waals surface area contributed by atoms with Crippen molar-refractivity contribution < 1.29 is 13.6 Å². The van der Waals surface area contributed by atoms with Crippen LogP contribution in [0.1, 0.15) is 42.1 Å². The Morgan fingerprint density at radius 1 is 1.30 bits per heavy atom. The maximum absolute atomic E-state index is 12.6. The van der Waals surface area contributed by atoms with Crippen molar-refractivity contribution in [2.24, 2.45) is 0 Å². The summed E-state index contributed by atoms with van der Waals surface area (Å²) in [5, 5.41) is 2.79. The van der Waals surface area contributed by atoms with Crippen molar-refractivity contribution in [1.82, 2.24) is 9.88 Å². The summed E-state index contributed by atoms with van der Waals surface area (Å²) in [6, 6.07) is 11.3. The Kier molecular flexibility index (Phi) is 6.79. The van der Waals surface area contributed by atoms with Crippen LogP contribution in [0.2, 0.25) is 0 Å². The summed E-state index contributed by atoms with van der Waals surface area (Å²) < 4.78 is 25.3. The minimum atomic E-state index is -2.62. The average Bonchev–Trinajstić information content (AvgIpc) is 2.65. The van der Waals surface area contributed by atoms with Gasteiger partial charge in [0.25, 0.3) is 11.7 Å². The Morgan fingerprint density at radius 3 is 2.78 bits per heavy atom. The molecule has 1 aromatic carbocycles. The highest BCUT2D eigenvalue weighted by atomic mass is 32.2. The number of rotatable bonds is 6. The van der Waals surface area contributed by atoms with Crippen LogP contribution in [0, 0.1) is 0 Å². The van der Waals surface area contributed by atoms with Gasteiger partial charge in [-0.15, -0.1) is 0 Å². The maximum atomic E-state index is 12.6. The number of anilines is 1. The third-order valence-corrected chi connectivity index (χ3v) is 5.48. The molecular formula is C20H23F2N3OS. The molecule has 7 heteroatoms. The zero-order chi connectivity index (χ0) is 19.2. The normalized spacial score (nSPS) is 17.9. The maximum Gasteiger partial charge on any atom is 0.290 e. The first-order valence-electron chi connectivity index (χ1n) is 9.07. The predicted molar refractivity (Wildman–Crippen MR) is 104 cm³/mol. The molecule has 0 aliphatic carbocycles. The van der Waals surface area contributed by atoms with Gasteiger partial charge in [0.05, 0.1) is 5.56 Å². The monoisotopic (exact) mass is 391 g/mol. The van der Waals surface area contributed by atoms with E-state index >= 15 is 0 Å². The fourth-order valence-electron chi connectivity index (χ4n) is 3.26. The van der Waals surface area contributed by atoms with Crippen LogP contribution in [0.25, 0.3) is 0 Å². The number of alkyl halides is 2. The SMILES string of the molecule is CC1CCCCN1Cc1ccc(NC(=O)c2cccnc2SC(F)F)cc1. The van der Waals surface area contributed by atoms with Crippen molar-refractivity contribution in [3.8, 4) is 0 Å². The highest BCUT2D eigenvalue weighted by molar-refractivity contribution is 7.99. The van der Waals surface area contributed by atoms with E-state index in [1.165, 1.54) is 37.1 Å². The van der Waals surface area contributed by atoms with Gasteiger partial charge >= 0.3 is 0 Å². The second kappa shape index (κ2) is 9.28. The van der Waals surface area contributed by atoms with E-state index in [1.807, 2.05) is 24.3 Å². The number of halogens is 2. The van der Waals surface area contributed by atoms with Crippen molar-refractivity contribution in [2.45, 2.75) is 49.6 Å². The molecule has 0 radical (unpaired) electrons. The first-order valence-corrected chi connectivity index (χ1v) is 9.95. The van der Waals surface area contributed by atoms with E-state index in [-0.39, 0.29) is 22.4 Å². The summed E-state index contributed by atoms with van der Waals surface area (Å²) >= 11 is 0.275. The number of nitrogens with one attached hydrogen (secondary N) is 1. The van der Waals surface area contributed by atoms with E-state index in [0.717, 1.165) is 13.1 Å². The van der Waals surface area contributed by atoms with Crippen molar-refractivity contribution in [2.75, 3.05) is 11.9 Å². The number of carbonyl (C=O) groups is 1. The van der Waals surface area contributed by atoms with Gasteiger partial charge in [-0.05, 0) is 67.9 Å². The molecule has 1 amide bonds. The number of carbonyl (C=O) groups excluding carboxylic acids is 1. The van der Waals surface area contributed by atoms with Crippen molar-refractivity contribution in [3.05, 3.63) is 53.7 Å². The Bertz CT molecular complexity index is 770. The van der Waals surface area contributed by atoms with Crippen LogP contribution in [0.15, 0.2) is 47.6 Å². The molecule has 1 aliphatic rings. The van der Waals surface area contributed by atoms with Gasteiger partial charge in [0, 0.05) is 24.5 Å². The molecule has 1 saturated heterocycles. The highest BCUT2D eigenvalue weighted by Gasteiger charge is 2.19. The molecular weight excluding hydrogens is 368 g/mol. The molecule has 3 rings (SSSR count). The molecule has 1 fully saturated rings. The van der Waals surface area contributed by atoms with Crippen molar-refractivity contribution in [1.29, 1.82) is 0 Å². The largest absolute Gasteiger partial charge is 0.322 e. The van der Waals surface area contributed by atoms with Gasteiger partial charge in [0.2, 0.25) is 0 Å². The predicted octanol–water partition coefficient (Wildman–Crippen LogP) is 5.02. The summed E-state index contributed by atoms with van der Waals surface area (Å²) in [5.74, 6) is -3.06. The third-order valence-electron chi connectivity index (χ3n) is 4.75. The van der Waals surface area contributed by atoms with Gasteiger partial charge in [0.15, 0.2) is 0 Å². The number of pyridine rings is 1. The highest BCUT2D eigenvalue weighted by Crippen LogP contribution is 2.27. The molecule has 1 N–H and O–H groups in total. The minimum absolute atomic E-state index is 0.0284. The number of hydrogen-bond donors (Lipinski definition) is 1. The van der Waals surface area contributed by atoms with Crippen LogP contribution in [0.3, 0.4) is 0 Å². The van der Waals surface area contributed by atoms with Gasteiger partial charge < -0.3 is 5.32 Å². The summed E-state index contributed by atoms with van der Waals surface area (Å²) in [6.07, 6.45) is 5.17. The van der Waals surface area contributed by atoms with E-state index in [2.05, 4.69) is 22.1 Å². The van der Waals surface area contributed by atoms with Crippen molar-refractivity contribution in [3.63, 3.8) is 0 Å². The Morgan fingerprint density at radius 2 is 2.07 bits per heavy atom. The number of amides is 1. The fourth-order valence-corrected chi connectivity index (χ4v) is 3.84. The number of thioether (sulfide) groups is 1. The van der Waals surface area contributed by atoms with Crippen LogP contribution in [-0.4, -0.2) is 34.1 Å². The molecule has 144 valence electrons. The molecule has 0 saturated carbocycles. The molecule has 0 bridgehead atoms. The minimum Gasteiger partial charge on any atom is -0.322 e. The lowest BCUT2D eigenvalue weighted by molar-refractivity contribution is 0.102. The molecule has 1 aliphatic heterocycles. The van der Waals surface area contributed by atoms with Gasteiger partial charge in [-0.2, -0.15) is 8.78 Å². The van der Waals surface area contributed by atoms with Crippen LogP contribution in [0.4, 0.5) is 14.5 Å². The van der Waals surface area contributed by atoms with Crippen LogP contribution < -0.4 is 5.32 Å². The fraction of sp³-hybridized carbons (Fsp3) is 0.400. The van der Waals surface area contributed by atoms with Gasteiger partial charge in [-0.25, -0.2) is 4.98 Å². The number of hydrogen-bond acceptors (Lipinski definition) is 4. The number of piperidine rings is 1. The van der Waals surface area contributed by atoms with Crippen molar-refractivity contribution >= 4 is 23.4 Å². The Hall–Kier alpha value is -1.99. The summed E-state index contributed by atoms with van der Waals surface area (Å²) in [6.45, 7) is 4.27. The van der Waals surface area contributed by atoms with E-state index in [9.17, 15) is 13.6 Å². The molecule has 1 unspecified atom stereocenters. The number of aromatic nitrogens is 1. The lowest BCUT2D eigenvalue weighted by atomic mass is 10.0. The Labute approximate surface area is 162 Å². The van der Waals surface area contributed by atoms with E-state index in [0.29, 0.717) is 11.7 Å². The van der Waals surface area contributed by atoms with E-state index in [1.54, 1.807) is 6.07 Å². The van der Waals surface area contributed by atoms with Gasteiger partial charge in [-0.3, -0.25) is 9.69 Å². The van der Waals surface area contributed by atoms with Crippen LogP contribution in [-0.2, 0) is 6.54 Å². The first kappa shape index (κ1) is 19.8. The van der Waals surface area contributed by atoms with Crippen LogP contribution in [0.5, 0.6) is 0 Å². The molecule has 1 aromatic heterocycles. The third kappa shape index (κ3) is 5.49. The molecule has 2 aromatic rings. The zero-order valence-corrected chi connectivity index (χ0v) is 16.0. The Balaban J connectivity index is 1.64. The van der Waals surface area contributed by atoms with Gasteiger partial charge in [-0.1, -0.05) is 18.6 Å². The summed E-state index contributed by atoms with van der Waals surface area (Å²) in [5.41, 5.74) is 1.97. The zero-order valence-electron chi connectivity index (χ0n) is 15.2. The number of likely N-dealkylation sites (tertiary alicyclic amines) is 1. The smallest absolute Gasteiger partial charge is 0.290 e. The molecule has 1 atom stereocenters. The molecule has 27 heavy (non-hydrogen) atoms. The summed E-state index contributed by atoms with van der Waals surface area (Å²) in [7, 11) is 0. The summed E-state index contributed by atoms with van der Waals surface area (Å²) in [4.78, 5) is 18.8. The molecule has 4 nitrogen and oxygen atoms in total. The quantitative estimate of drug-likeness (QED) is 0.702. The van der Waals surface area contributed by atoms with Gasteiger partial charge in [0.1, 0.15) is 5.03 Å².